The predicted octanol–water partition coefficient (Wildman–Crippen LogP) is 3.43. The zero-order valence-electron chi connectivity index (χ0n) is 16.9. The number of rotatable bonds is 6. The van der Waals surface area contributed by atoms with Gasteiger partial charge in [0.25, 0.3) is 0 Å². The fourth-order valence-electron chi connectivity index (χ4n) is 4.27. The van der Waals surface area contributed by atoms with Crippen molar-refractivity contribution in [3.63, 3.8) is 0 Å². The van der Waals surface area contributed by atoms with Crippen LogP contribution in [0.5, 0.6) is 0 Å². The van der Waals surface area contributed by atoms with Gasteiger partial charge in [0, 0.05) is 86.0 Å². The Kier molecular flexibility index (Phi) is 5.26. The highest BCUT2D eigenvalue weighted by molar-refractivity contribution is 5.83. The summed E-state index contributed by atoms with van der Waals surface area (Å²) in [5, 5.41) is 10.5. The molecule has 4 aromatic rings. The number of aryl methyl sites for hydroxylation is 1. The van der Waals surface area contributed by atoms with Crippen LogP contribution < -0.4 is 0 Å². The Morgan fingerprint density at radius 1 is 1.07 bits per heavy atom. The summed E-state index contributed by atoms with van der Waals surface area (Å²) < 4.78 is 2.27. The molecule has 3 aromatic heterocycles. The molecule has 1 aliphatic rings. The van der Waals surface area contributed by atoms with Crippen LogP contribution in [0.1, 0.15) is 23.2 Å². The van der Waals surface area contributed by atoms with Gasteiger partial charge < -0.3 is 9.67 Å². The largest absolute Gasteiger partial charge is 0.396 e. The molecule has 0 saturated carbocycles. The van der Waals surface area contributed by atoms with Crippen LogP contribution in [0.4, 0.5) is 0 Å². The molecule has 1 aliphatic heterocycles. The zero-order chi connectivity index (χ0) is 20.3. The third-order valence-electron chi connectivity index (χ3n) is 5.77. The lowest BCUT2D eigenvalue weighted by Crippen LogP contribution is -2.30. The summed E-state index contributed by atoms with van der Waals surface area (Å²) in [6.45, 7) is 3.80. The van der Waals surface area contributed by atoms with Gasteiger partial charge in [0.1, 0.15) is 0 Å². The average Bonchev–Trinajstić information content (AvgIpc) is 3.15. The maximum atomic E-state index is 9.22. The Morgan fingerprint density at radius 3 is 2.80 bits per heavy atom. The van der Waals surface area contributed by atoms with E-state index < -0.39 is 0 Å². The molecular weight excluding hydrogens is 374 g/mol. The lowest BCUT2D eigenvalue weighted by molar-refractivity contribution is 0.243. The maximum Gasteiger partial charge on any atom is 0.159 e. The molecule has 6 nitrogen and oxygen atoms in total. The normalized spacial score (nSPS) is 14.2. The van der Waals surface area contributed by atoms with Crippen LogP contribution in [0.25, 0.3) is 22.3 Å². The molecular formula is C24H25N5O. The Balaban J connectivity index is 1.36. The summed E-state index contributed by atoms with van der Waals surface area (Å²) in [5.41, 5.74) is 5.94. The van der Waals surface area contributed by atoms with Gasteiger partial charge in [-0.05, 0) is 30.2 Å². The van der Waals surface area contributed by atoms with Crippen molar-refractivity contribution in [3.8, 4) is 11.4 Å². The molecule has 5 rings (SSSR count). The molecule has 0 bridgehead atoms. The molecule has 0 saturated heterocycles. The number of nitrogens with zero attached hydrogens (tertiary/aromatic N) is 5. The number of hydrogen-bond donors (Lipinski definition) is 1. The van der Waals surface area contributed by atoms with Crippen molar-refractivity contribution >= 4 is 10.9 Å². The first-order chi connectivity index (χ1) is 14.8. The standard InChI is InChI=1S/C24H25N5O/c30-13-3-11-29-17-20(21-4-1-2-5-23(21)29)16-28-12-8-22-19(15-28)14-26-24(27-22)18-6-9-25-10-7-18/h1-2,4-7,9-10,14,17,30H,3,8,11-13,15-16H2. The minimum Gasteiger partial charge on any atom is -0.396 e. The zero-order valence-corrected chi connectivity index (χ0v) is 16.9. The highest BCUT2D eigenvalue weighted by Crippen LogP contribution is 2.26. The second kappa shape index (κ2) is 8.34. The van der Waals surface area contributed by atoms with Crippen LogP contribution in [0.3, 0.4) is 0 Å². The first-order valence-corrected chi connectivity index (χ1v) is 10.5. The summed E-state index contributed by atoms with van der Waals surface area (Å²) in [4.78, 5) is 16.0. The number of hydrogen-bond acceptors (Lipinski definition) is 5. The number of benzene rings is 1. The van der Waals surface area contributed by atoms with E-state index in [4.69, 9.17) is 4.98 Å². The van der Waals surface area contributed by atoms with Crippen LogP contribution in [-0.4, -0.2) is 42.7 Å². The average molecular weight is 399 g/mol. The van der Waals surface area contributed by atoms with Crippen molar-refractivity contribution in [2.24, 2.45) is 0 Å². The molecule has 6 heteroatoms. The fourth-order valence-corrected chi connectivity index (χ4v) is 4.27. The summed E-state index contributed by atoms with van der Waals surface area (Å²) in [6, 6.07) is 12.4. The first kappa shape index (κ1) is 18.9. The topological polar surface area (TPSA) is 67.1 Å². The van der Waals surface area contributed by atoms with Crippen molar-refractivity contribution in [2.45, 2.75) is 32.5 Å². The summed E-state index contributed by atoms with van der Waals surface area (Å²) >= 11 is 0. The number of pyridine rings is 1. The van der Waals surface area contributed by atoms with Crippen molar-refractivity contribution in [1.29, 1.82) is 0 Å². The van der Waals surface area contributed by atoms with E-state index in [2.05, 4.69) is 49.9 Å². The molecule has 30 heavy (non-hydrogen) atoms. The summed E-state index contributed by atoms with van der Waals surface area (Å²) in [6.07, 6.45) is 9.48. The first-order valence-electron chi connectivity index (χ1n) is 10.5. The summed E-state index contributed by atoms with van der Waals surface area (Å²) in [5.74, 6) is 0.775. The van der Waals surface area contributed by atoms with Crippen LogP contribution in [0.15, 0.2) is 61.2 Å². The van der Waals surface area contributed by atoms with E-state index in [1.165, 1.54) is 22.0 Å². The van der Waals surface area contributed by atoms with E-state index >= 15 is 0 Å². The quantitative estimate of drug-likeness (QED) is 0.538. The van der Waals surface area contributed by atoms with Gasteiger partial charge in [0.05, 0.1) is 5.69 Å². The molecule has 0 spiro atoms. The number of fused-ring (bicyclic) bond motifs is 2. The maximum absolute atomic E-state index is 9.22. The predicted molar refractivity (Wildman–Crippen MR) is 117 cm³/mol. The van der Waals surface area contributed by atoms with E-state index in [1.54, 1.807) is 12.4 Å². The molecule has 0 unspecified atom stereocenters. The van der Waals surface area contributed by atoms with Crippen LogP contribution in [0.2, 0.25) is 0 Å². The van der Waals surface area contributed by atoms with Gasteiger partial charge in [-0.25, -0.2) is 9.97 Å². The van der Waals surface area contributed by atoms with Crippen molar-refractivity contribution < 1.29 is 5.11 Å². The van der Waals surface area contributed by atoms with E-state index in [1.807, 2.05) is 18.3 Å². The van der Waals surface area contributed by atoms with E-state index in [9.17, 15) is 5.11 Å². The van der Waals surface area contributed by atoms with Crippen molar-refractivity contribution in [2.75, 3.05) is 13.2 Å². The van der Waals surface area contributed by atoms with Gasteiger partial charge in [0.15, 0.2) is 5.82 Å². The van der Waals surface area contributed by atoms with Gasteiger partial charge >= 0.3 is 0 Å². The van der Waals surface area contributed by atoms with Crippen LogP contribution in [0, 0.1) is 0 Å². The molecule has 0 radical (unpaired) electrons. The number of aliphatic hydroxyl groups excluding tert-OH is 1. The third-order valence-corrected chi connectivity index (χ3v) is 5.77. The van der Waals surface area contributed by atoms with Gasteiger partial charge in [0.2, 0.25) is 0 Å². The van der Waals surface area contributed by atoms with E-state index in [-0.39, 0.29) is 6.61 Å². The van der Waals surface area contributed by atoms with Crippen molar-refractivity contribution in [1.82, 2.24) is 24.4 Å². The van der Waals surface area contributed by atoms with Gasteiger partial charge in [-0.15, -0.1) is 0 Å². The number of aliphatic hydroxyl groups is 1. The van der Waals surface area contributed by atoms with Crippen molar-refractivity contribution in [3.05, 3.63) is 78.0 Å². The van der Waals surface area contributed by atoms with Crippen LogP contribution in [-0.2, 0) is 26.1 Å². The van der Waals surface area contributed by atoms with Gasteiger partial charge in [-0.3, -0.25) is 9.88 Å². The van der Waals surface area contributed by atoms with E-state index in [0.717, 1.165) is 56.1 Å². The highest BCUT2D eigenvalue weighted by atomic mass is 16.3. The Labute approximate surface area is 175 Å². The second-order valence-corrected chi connectivity index (χ2v) is 7.80. The molecule has 0 fully saturated rings. The Morgan fingerprint density at radius 2 is 1.93 bits per heavy atom. The van der Waals surface area contributed by atoms with E-state index in [0.29, 0.717) is 0 Å². The molecule has 4 heterocycles. The molecule has 0 atom stereocenters. The van der Waals surface area contributed by atoms with Crippen LogP contribution >= 0.6 is 0 Å². The Hall–Kier alpha value is -3.09. The lowest BCUT2D eigenvalue weighted by Gasteiger charge is -2.28. The number of para-hydroxylation sites is 1. The fraction of sp³-hybridized carbons (Fsp3) is 0.292. The monoisotopic (exact) mass is 399 g/mol. The third kappa shape index (κ3) is 3.72. The SMILES string of the molecule is OCCCn1cc(CN2CCc3nc(-c4ccncc4)ncc3C2)c2ccccc21. The summed E-state index contributed by atoms with van der Waals surface area (Å²) in [7, 11) is 0. The molecule has 1 N–H and O–H groups in total. The molecule has 152 valence electrons. The number of aromatic nitrogens is 4. The Bertz CT molecular complexity index is 1150. The molecule has 1 aromatic carbocycles. The molecule has 0 aliphatic carbocycles. The minimum atomic E-state index is 0.215. The van der Waals surface area contributed by atoms with Gasteiger partial charge in [-0.2, -0.15) is 0 Å². The minimum absolute atomic E-state index is 0.215. The lowest BCUT2D eigenvalue weighted by atomic mass is 10.1. The van der Waals surface area contributed by atoms with Gasteiger partial charge in [-0.1, -0.05) is 18.2 Å². The smallest absolute Gasteiger partial charge is 0.159 e. The highest BCUT2D eigenvalue weighted by Gasteiger charge is 2.20. The molecule has 0 amide bonds. The second-order valence-electron chi connectivity index (χ2n) is 7.80.